The number of nitrogens with zero attached hydrogens (tertiary/aromatic N) is 1. The molecule has 0 aromatic heterocycles. The van der Waals surface area contributed by atoms with Crippen molar-refractivity contribution in [2.75, 3.05) is 11.4 Å². The van der Waals surface area contributed by atoms with Crippen LogP contribution in [0.4, 0.5) is 23.7 Å². The van der Waals surface area contributed by atoms with E-state index in [4.69, 9.17) is 26.2 Å². The van der Waals surface area contributed by atoms with E-state index in [1.807, 2.05) is 0 Å². The Labute approximate surface area is 179 Å². The molecule has 1 aromatic rings. The average Bonchev–Trinajstić information content (AvgIpc) is 3.01. The van der Waals surface area contributed by atoms with Crippen molar-refractivity contribution in [1.82, 2.24) is 10.6 Å². The number of nitrogens with one attached hydrogen (secondary N) is 3. The normalized spacial score (nSPS) is 16.4. The topological polar surface area (TPSA) is 186 Å². The van der Waals surface area contributed by atoms with Gasteiger partial charge in [-0.1, -0.05) is 0 Å². The molecule has 0 aliphatic carbocycles. The molecular formula is C18H22F3N5O6. The highest BCUT2D eigenvalue weighted by molar-refractivity contribution is 6.02. The summed E-state index contributed by atoms with van der Waals surface area (Å²) in [6.07, 6.45) is -4.82. The van der Waals surface area contributed by atoms with Gasteiger partial charge < -0.3 is 31.5 Å². The highest BCUT2D eigenvalue weighted by atomic mass is 19.4. The van der Waals surface area contributed by atoms with Crippen molar-refractivity contribution >= 4 is 35.4 Å². The third-order valence-electron chi connectivity index (χ3n) is 4.10. The van der Waals surface area contributed by atoms with E-state index in [-0.39, 0.29) is 18.2 Å². The van der Waals surface area contributed by atoms with Gasteiger partial charge in [0.15, 0.2) is 0 Å². The number of nitrogens with two attached hydrogens (primary N) is 1. The van der Waals surface area contributed by atoms with Crippen LogP contribution in [0.25, 0.3) is 0 Å². The van der Waals surface area contributed by atoms with E-state index in [0.717, 1.165) is 0 Å². The van der Waals surface area contributed by atoms with Crippen LogP contribution in [0.15, 0.2) is 24.3 Å². The Morgan fingerprint density at radius 3 is 2.22 bits per heavy atom. The number of rotatable bonds is 6. The largest absolute Gasteiger partial charge is 0.490 e. The molecule has 0 radical (unpaired) electrons. The van der Waals surface area contributed by atoms with Gasteiger partial charge >= 0.3 is 24.1 Å². The number of nitrogen functional groups attached to an aromatic ring is 1. The number of amides is 3. The van der Waals surface area contributed by atoms with E-state index in [2.05, 4.69) is 10.6 Å². The molecule has 0 saturated carbocycles. The van der Waals surface area contributed by atoms with Crippen molar-refractivity contribution in [3.8, 4) is 0 Å². The Balaban J connectivity index is 0.000000633. The summed E-state index contributed by atoms with van der Waals surface area (Å²) in [7, 11) is 0. The summed E-state index contributed by atoms with van der Waals surface area (Å²) >= 11 is 0. The minimum absolute atomic E-state index is 0.0500. The second-order valence-corrected chi connectivity index (χ2v) is 6.71. The molecule has 7 N–H and O–H groups in total. The van der Waals surface area contributed by atoms with E-state index in [9.17, 15) is 27.6 Å². The van der Waals surface area contributed by atoms with E-state index in [1.165, 1.54) is 0 Å². The lowest BCUT2D eigenvalue weighted by Crippen LogP contribution is -2.48. The number of aliphatic carboxylic acids is 2. The van der Waals surface area contributed by atoms with Gasteiger partial charge in [-0.05, 0) is 37.6 Å². The number of halogens is 3. The number of hydrogen-bond donors (Lipinski definition) is 6. The van der Waals surface area contributed by atoms with E-state index in [0.29, 0.717) is 24.2 Å². The van der Waals surface area contributed by atoms with Crippen LogP contribution >= 0.6 is 0 Å². The number of carbonyl (C=O) groups excluding carboxylic acids is 2. The Kier molecular flexibility index (Phi) is 8.98. The number of carboxylic acid groups (broad SMARTS) is 2. The van der Waals surface area contributed by atoms with Gasteiger partial charge in [-0.2, -0.15) is 13.2 Å². The second-order valence-electron chi connectivity index (χ2n) is 6.71. The first-order valence-electron chi connectivity index (χ1n) is 9.07. The number of anilines is 1. The highest BCUT2D eigenvalue weighted by Crippen LogP contribution is 2.22. The molecule has 1 aromatic carbocycles. The van der Waals surface area contributed by atoms with Crippen LogP contribution < -0.4 is 21.3 Å². The maximum absolute atomic E-state index is 12.4. The van der Waals surface area contributed by atoms with Gasteiger partial charge in [0.05, 0.1) is 6.42 Å². The molecule has 2 rings (SSSR count). The molecule has 0 spiro atoms. The van der Waals surface area contributed by atoms with Crippen molar-refractivity contribution < 1.29 is 42.6 Å². The molecule has 14 heteroatoms. The Bertz CT molecular complexity index is 875. The van der Waals surface area contributed by atoms with Gasteiger partial charge in [-0.15, -0.1) is 0 Å². The van der Waals surface area contributed by atoms with Crippen molar-refractivity contribution in [2.24, 2.45) is 5.73 Å². The maximum atomic E-state index is 12.4. The van der Waals surface area contributed by atoms with Crippen LogP contribution in [0.1, 0.15) is 25.3 Å². The smallest absolute Gasteiger partial charge is 0.481 e. The van der Waals surface area contributed by atoms with Crippen molar-refractivity contribution in [3.05, 3.63) is 29.8 Å². The average molecular weight is 461 g/mol. The summed E-state index contributed by atoms with van der Waals surface area (Å²) in [4.78, 5) is 45.4. The van der Waals surface area contributed by atoms with Gasteiger partial charge in [0.25, 0.3) is 0 Å². The zero-order chi connectivity index (χ0) is 24.6. The first kappa shape index (κ1) is 26.2. The van der Waals surface area contributed by atoms with E-state index < -0.39 is 36.2 Å². The Morgan fingerprint density at radius 1 is 1.25 bits per heavy atom. The minimum atomic E-state index is -5.08. The third-order valence-corrected chi connectivity index (χ3v) is 4.10. The minimum Gasteiger partial charge on any atom is -0.481 e. The summed E-state index contributed by atoms with van der Waals surface area (Å²) in [6.45, 7) is 2.03. The number of urea groups is 1. The predicted molar refractivity (Wildman–Crippen MR) is 105 cm³/mol. The zero-order valence-corrected chi connectivity index (χ0v) is 16.8. The van der Waals surface area contributed by atoms with Crippen LogP contribution in [0, 0.1) is 5.41 Å². The Morgan fingerprint density at radius 2 is 1.78 bits per heavy atom. The highest BCUT2D eigenvalue weighted by Gasteiger charge is 2.38. The molecule has 176 valence electrons. The van der Waals surface area contributed by atoms with Crippen LogP contribution in [-0.4, -0.2) is 64.7 Å². The summed E-state index contributed by atoms with van der Waals surface area (Å²) < 4.78 is 31.7. The Hall–Kier alpha value is -3.84. The first-order valence-corrected chi connectivity index (χ1v) is 9.07. The van der Waals surface area contributed by atoms with Gasteiger partial charge in [-0.25, -0.2) is 9.59 Å². The molecule has 11 nitrogen and oxygen atoms in total. The van der Waals surface area contributed by atoms with Crippen molar-refractivity contribution in [2.45, 2.75) is 38.0 Å². The molecule has 1 fully saturated rings. The van der Waals surface area contributed by atoms with Crippen molar-refractivity contribution in [3.63, 3.8) is 0 Å². The van der Waals surface area contributed by atoms with E-state index in [1.54, 1.807) is 36.1 Å². The SMILES string of the molecule is C[C@H](CC(=O)O)NC(=O)NC1CCN(c2ccc(C(=N)N)cc2)C1=O.O=C(O)C(F)(F)F. The lowest BCUT2D eigenvalue weighted by atomic mass is 10.2. The van der Waals surface area contributed by atoms with Gasteiger partial charge in [-0.3, -0.25) is 15.0 Å². The maximum Gasteiger partial charge on any atom is 0.490 e. The standard InChI is InChI=1S/C16H21N5O4.C2HF3O2/c1-9(8-13(22)23)19-16(25)20-12-6-7-21(15(12)24)11-4-2-10(3-5-11)14(17)18;3-2(4,5)1(6)7/h2-5,9,12H,6-8H2,1H3,(H3,17,18)(H,22,23)(H2,19,20,25);(H,6,7)/t9-,12?;/m1./s1. The number of amidine groups is 1. The number of alkyl halides is 3. The molecule has 0 bridgehead atoms. The predicted octanol–water partition coefficient (Wildman–Crippen LogP) is 0.872. The summed E-state index contributed by atoms with van der Waals surface area (Å²) in [5, 5.41) is 28.2. The molecular weight excluding hydrogens is 439 g/mol. The third kappa shape index (κ3) is 8.12. The molecule has 1 saturated heterocycles. The molecule has 32 heavy (non-hydrogen) atoms. The number of carboxylic acids is 2. The zero-order valence-electron chi connectivity index (χ0n) is 16.8. The molecule has 1 heterocycles. The lowest BCUT2D eigenvalue weighted by Gasteiger charge is -2.18. The molecule has 2 atom stereocenters. The number of benzene rings is 1. The number of carbonyl (C=O) groups is 4. The second kappa shape index (κ2) is 11.0. The van der Waals surface area contributed by atoms with Crippen LogP contribution in [0.5, 0.6) is 0 Å². The molecule has 3 amide bonds. The summed E-state index contributed by atoms with van der Waals surface area (Å²) in [6, 6.07) is 4.95. The summed E-state index contributed by atoms with van der Waals surface area (Å²) in [5.41, 5.74) is 6.64. The first-order chi connectivity index (χ1) is 14.7. The fourth-order valence-electron chi connectivity index (χ4n) is 2.63. The fraction of sp³-hybridized carbons (Fsp3) is 0.389. The van der Waals surface area contributed by atoms with Gasteiger partial charge in [0.1, 0.15) is 11.9 Å². The van der Waals surface area contributed by atoms with Crippen LogP contribution in [-0.2, 0) is 14.4 Å². The van der Waals surface area contributed by atoms with Crippen molar-refractivity contribution in [1.29, 1.82) is 5.41 Å². The van der Waals surface area contributed by atoms with Gasteiger partial charge in [0, 0.05) is 23.8 Å². The van der Waals surface area contributed by atoms with E-state index >= 15 is 0 Å². The van der Waals surface area contributed by atoms with Crippen LogP contribution in [0.3, 0.4) is 0 Å². The van der Waals surface area contributed by atoms with Gasteiger partial charge in [0.2, 0.25) is 5.91 Å². The summed E-state index contributed by atoms with van der Waals surface area (Å²) in [5.74, 6) is -4.06. The number of hydrogen-bond acceptors (Lipinski definition) is 5. The lowest BCUT2D eigenvalue weighted by molar-refractivity contribution is -0.192. The quantitative estimate of drug-likeness (QED) is 0.268. The molecule has 1 aliphatic rings. The molecule has 1 unspecified atom stereocenters. The monoisotopic (exact) mass is 461 g/mol. The fourth-order valence-corrected chi connectivity index (χ4v) is 2.63. The molecule has 1 aliphatic heterocycles. The van der Waals surface area contributed by atoms with Crippen LogP contribution in [0.2, 0.25) is 0 Å².